The van der Waals surface area contributed by atoms with Gasteiger partial charge < -0.3 is 33.7 Å². The van der Waals surface area contributed by atoms with Crippen LogP contribution in [0.3, 0.4) is 0 Å². The molecule has 110 valence electrons. The van der Waals surface area contributed by atoms with Gasteiger partial charge >= 0.3 is 37.7 Å². The van der Waals surface area contributed by atoms with Gasteiger partial charge in [-0.2, -0.15) is 0 Å². The van der Waals surface area contributed by atoms with Crippen molar-refractivity contribution in [1.82, 2.24) is 19.5 Å². The van der Waals surface area contributed by atoms with Crippen LogP contribution in [0.5, 0.6) is 0 Å². The molecule has 0 fully saturated rings. The summed E-state index contributed by atoms with van der Waals surface area (Å²) in [5, 5.41) is 9.72. The molecule has 13 heteroatoms. The quantitative estimate of drug-likeness (QED) is 0.302. The van der Waals surface area contributed by atoms with E-state index in [-0.39, 0.29) is 50.9 Å². The van der Waals surface area contributed by atoms with Crippen LogP contribution >= 0.6 is 19.8 Å². The van der Waals surface area contributed by atoms with E-state index in [1.165, 1.54) is 12.7 Å². The van der Waals surface area contributed by atoms with E-state index in [0.29, 0.717) is 15.8 Å². The topological polar surface area (TPSA) is 139 Å². The maximum absolute atomic E-state index is 10.4. The molecule has 0 radical (unpaired) electrons. The number of rotatable bonds is 6. The minimum atomic E-state index is -4.72. The Labute approximate surface area is 155 Å². The number of aliphatic hydroxyl groups is 1. The molecule has 2 rings (SSSR count). The first-order valence-electron chi connectivity index (χ1n) is 5.52. The molecule has 2 N–H and O–H groups in total. The summed E-state index contributed by atoms with van der Waals surface area (Å²) in [6, 6.07) is 0. The summed E-state index contributed by atoms with van der Waals surface area (Å²) in [5.74, 6) is 0. The summed E-state index contributed by atoms with van der Waals surface area (Å²) in [6.07, 6.45) is 0.945. The number of fused-ring (bicyclic) bond motifs is 1. The Hall–Kier alpha value is 0.0348. The van der Waals surface area contributed by atoms with E-state index in [4.69, 9.17) is 12.2 Å². The van der Waals surface area contributed by atoms with Gasteiger partial charge in [0.15, 0.2) is 4.64 Å². The van der Waals surface area contributed by atoms with Crippen LogP contribution < -0.4 is 47.5 Å². The number of nitrogens with one attached hydrogen (secondary N) is 1. The van der Waals surface area contributed by atoms with Crippen LogP contribution in [-0.4, -0.2) is 43.7 Å². The number of aliphatic hydroxyl groups excluding tert-OH is 1. The Balaban J connectivity index is 0.00000220. The second-order valence-electron chi connectivity index (χ2n) is 4.07. The van der Waals surface area contributed by atoms with Crippen LogP contribution in [0, 0.1) is 4.64 Å². The van der Waals surface area contributed by atoms with Gasteiger partial charge in [-0.1, -0.05) is 12.2 Å². The van der Waals surface area contributed by atoms with Crippen molar-refractivity contribution in [2.24, 2.45) is 0 Å². The number of aromatic amines is 1. The fraction of sp³-hybridized carbons (Fsp3) is 0.444. The van der Waals surface area contributed by atoms with E-state index in [9.17, 15) is 19.5 Å². The maximum atomic E-state index is 10.4. The summed E-state index contributed by atoms with van der Waals surface area (Å²) in [5.41, 5.74) is 1.08. The van der Waals surface area contributed by atoms with Crippen LogP contribution in [0.2, 0.25) is 0 Å². The summed E-state index contributed by atoms with van der Waals surface area (Å²) >= 11 is 5.00. The van der Waals surface area contributed by atoms with Crippen LogP contribution in [-0.2, 0) is 15.8 Å². The van der Waals surface area contributed by atoms with Gasteiger partial charge in [0.25, 0.3) is 0 Å². The molecule has 22 heavy (non-hydrogen) atoms. The van der Waals surface area contributed by atoms with Gasteiger partial charge in [-0.25, -0.2) is 9.97 Å². The fourth-order valence-corrected chi connectivity index (χ4v) is 2.15. The molecule has 1 unspecified atom stereocenters. The van der Waals surface area contributed by atoms with E-state index in [2.05, 4.69) is 19.7 Å². The van der Waals surface area contributed by atoms with Gasteiger partial charge in [-0.05, 0) is 7.60 Å². The summed E-state index contributed by atoms with van der Waals surface area (Å²) in [4.78, 5) is 31.5. The molecule has 2 heterocycles. The molecule has 2 aromatic heterocycles. The SMILES string of the molecule is O=P([O-])([O-])COCC(O)Cn1cnc2c(=S)nc[nH]c21.[Li+].[Li+]. The van der Waals surface area contributed by atoms with Crippen molar-refractivity contribution in [3.8, 4) is 0 Å². The average molecular weight is 332 g/mol. The first kappa shape index (κ1) is 22.0. The first-order chi connectivity index (χ1) is 9.37. The van der Waals surface area contributed by atoms with Crippen molar-refractivity contribution >= 4 is 31.0 Å². The van der Waals surface area contributed by atoms with Crippen molar-refractivity contribution in [3.63, 3.8) is 0 Å². The van der Waals surface area contributed by atoms with Crippen molar-refractivity contribution in [1.29, 1.82) is 0 Å². The number of aromatic nitrogens is 4. The summed E-state index contributed by atoms with van der Waals surface area (Å²) in [7, 11) is -4.72. The van der Waals surface area contributed by atoms with Crippen LogP contribution in [0.25, 0.3) is 11.2 Å². The molecule has 0 aliphatic heterocycles. The molecule has 2 aromatic rings. The molecule has 0 amide bonds. The molecule has 1 atom stereocenters. The zero-order chi connectivity index (χ0) is 14.8. The van der Waals surface area contributed by atoms with Gasteiger partial charge in [0.2, 0.25) is 0 Å². The maximum Gasteiger partial charge on any atom is 1.00 e. The molecular weight excluding hydrogens is 321 g/mol. The van der Waals surface area contributed by atoms with Gasteiger partial charge in [0.05, 0.1) is 38.3 Å². The van der Waals surface area contributed by atoms with Crippen LogP contribution in [0.4, 0.5) is 0 Å². The van der Waals surface area contributed by atoms with Crippen LogP contribution in [0.15, 0.2) is 12.7 Å². The molecule has 0 aliphatic rings. The number of nitrogens with zero attached hydrogens (tertiary/aromatic N) is 3. The largest absolute Gasteiger partial charge is 1.00 e. The fourth-order valence-electron chi connectivity index (χ4n) is 1.62. The molecule has 0 aromatic carbocycles. The molecule has 0 saturated carbocycles. The Morgan fingerprint density at radius 1 is 1.45 bits per heavy atom. The van der Waals surface area contributed by atoms with E-state index >= 15 is 0 Å². The van der Waals surface area contributed by atoms with Crippen molar-refractivity contribution in [2.75, 3.05) is 13.0 Å². The Morgan fingerprint density at radius 3 is 2.77 bits per heavy atom. The molecular formula is C9H11Li2N4O5PS. The van der Waals surface area contributed by atoms with Crippen molar-refractivity contribution in [3.05, 3.63) is 17.3 Å². The predicted octanol–water partition coefficient (Wildman–Crippen LogP) is -7.25. The number of imidazole rings is 1. The normalized spacial score (nSPS) is 12.5. The summed E-state index contributed by atoms with van der Waals surface area (Å²) in [6.45, 7) is -0.173. The minimum absolute atomic E-state index is 0. The standard InChI is InChI=1S/C9H13N4O5PS.2Li/c14-6(2-18-5-19(15,16)17)1-13-4-12-7-8(13)10-3-11-9(7)20;;/h3-4,6,14H,1-2,5H2,(H,10,11,20)(H2,15,16,17);;/q;2*+1/p-2. The average Bonchev–Trinajstić information content (AvgIpc) is 2.72. The van der Waals surface area contributed by atoms with Gasteiger partial charge in [-0.15, -0.1) is 0 Å². The van der Waals surface area contributed by atoms with E-state index in [1.807, 2.05) is 0 Å². The monoisotopic (exact) mass is 332 g/mol. The number of H-pyrrole nitrogens is 1. The third kappa shape index (κ3) is 6.27. The van der Waals surface area contributed by atoms with Gasteiger partial charge in [0.1, 0.15) is 11.2 Å². The first-order valence-corrected chi connectivity index (χ1v) is 7.66. The number of hydrogen-bond donors (Lipinski definition) is 2. The van der Waals surface area contributed by atoms with E-state index in [0.717, 1.165) is 0 Å². The predicted molar refractivity (Wildman–Crippen MR) is 67.1 cm³/mol. The third-order valence-corrected chi connectivity index (χ3v) is 3.19. The zero-order valence-electron chi connectivity index (χ0n) is 12.1. The molecule has 0 saturated heterocycles. The van der Waals surface area contributed by atoms with E-state index < -0.39 is 20.0 Å². The second kappa shape index (κ2) is 9.36. The van der Waals surface area contributed by atoms with Gasteiger partial charge in [0, 0.05) is 0 Å². The third-order valence-electron chi connectivity index (χ3n) is 2.39. The van der Waals surface area contributed by atoms with Crippen molar-refractivity contribution in [2.45, 2.75) is 12.6 Å². The van der Waals surface area contributed by atoms with E-state index in [1.54, 1.807) is 4.57 Å². The van der Waals surface area contributed by atoms with Gasteiger partial charge in [-0.3, -0.25) is 0 Å². The smallest absolute Gasteiger partial charge is 0.809 e. The number of hydrogen-bond acceptors (Lipinski definition) is 8. The Kier molecular flexibility index (Phi) is 9.37. The molecule has 0 bridgehead atoms. The summed E-state index contributed by atoms with van der Waals surface area (Å²) < 4.78 is 16.9. The zero-order valence-corrected chi connectivity index (χ0v) is 13.8. The van der Waals surface area contributed by atoms with Crippen LogP contribution in [0.1, 0.15) is 0 Å². The minimum Gasteiger partial charge on any atom is -0.809 e. The molecule has 9 nitrogen and oxygen atoms in total. The second-order valence-corrected chi connectivity index (χ2v) is 5.93. The Morgan fingerprint density at radius 2 is 2.14 bits per heavy atom. The molecule has 0 spiro atoms. The number of ether oxygens (including phenoxy) is 1. The molecule has 0 aliphatic carbocycles. The van der Waals surface area contributed by atoms with Crippen molar-refractivity contribution < 1.29 is 61.9 Å². The Bertz CT molecular complexity index is 705.